The van der Waals surface area contributed by atoms with Crippen LogP contribution in [0, 0.1) is 0 Å². The molecule has 0 bridgehead atoms. The second-order valence-corrected chi connectivity index (χ2v) is 11.6. The van der Waals surface area contributed by atoms with Gasteiger partial charge >= 0.3 is 0 Å². The molecule has 4 aromatic heterocycles. The van der Waals surface area contributed by atoms with Crippen LogP contribution in [0.15, 0.2) is 175 Å². The molecule has 0 unspecified atom stereocenters. The molecule has 3 heteroatoms. The van der Waals surface area contributed by atoms with Gasteiger partial charge in [0.15, 0.2) is 0 Å². The van der Waals surface area contributed by atoms with Crippen molar-refractivity contribution in [2.45, 2.75) is 0 Å². The van der Waals surface area contributed by atoms with Crippen molar-refractivity contribution in [3.8, 4) is 22.5 Å². The molecule has 12 rings (SSSR count). The van der Waals surface area contributed by atoms with Gasteiger partial charge in [-0.3, -0.25) is 0 Å². The largest absolute Gasteiger partial charge is 0.309 e. The zero-order chi connectivity index (χ0) is 57.6. The van der Waals surface area contributed by atoms with Gasteiger partial charge in [0.2, 0.25) is 0 Å². The van der Waals surface area contributed by atoms with E-state index in [0.717, 1.165) is 19.6 Å². The molecule has 4 heterocycles. The molecule has 0 saturated carbocycles. The molecule has 0 aliphatic carbocycles. The molecular weight excluding hydrogens is 619 g/mol. The average Bonchev–Trinajstić information content (AvgIpc) is 1.83. The van der Waals surface area contributed by atoms with Gasteiger partial charge in [0, 0.05) is 49.0 Å². The molecule has 3 nitrogen and oxygen atoms in total. The number of fused-ring (bicyclic) bond motifs is 9. The first-order valence-electron chi connectivity index (χ1n) is 29.3. The second kappa shape index (κ2) is 9.87. The van der Waals surface area contributed by atoms with Crippen LogP contribution in [0.3, 0.4) is 0 Å². The zero-order valence-electron chi connectivity index (χ0n) is 53.4. The lowest BCUT2D eigenvalue weighted by molar-refractivity contribution is 1.18. The SMILES string of the molecule is [2H]c1cc2c(c([2H])c1-c1c([2H])c([2H])c([2H])c([2H])c1-n1c3c([2H])c([2H])c([2H])c4c5c([2H])c([2H])c([2H])c([2H])c5n5c6c([2H])c([2H])c([2H])c([2H])c6c6c([2H])c([2H])c1c(c43)c65)c1c([2H])c([2H])c([2H])c([2H])c1n2-c1c([2H])c([2H])c([2H])c([2H])c1[2H]. The topological polar surface area (TPSA) is 14.3 Å². The Labute approximate surface area is 332 Å². The fourth-order valence-electron chi connectivity index (χ4n) is 7.22. The van der Waals surface area contributed by atoms with Gasteiger partial charge in [-0.1, -0.05) is 115 Å². The predicted molar refractivity (Wildman–Crippen MR) is 215 cm³/mol. The molecule has 0 atom stereocenters. The molecular formula is C48H29N3. The van der Waals surface area contributed by atoms with Crippen molar-refractivity contribution in [1.82, 2.24) is 13.5 Å². The maximum Gasteiger partial charge on any atom is 0.0645 e. The third-order valence-corrected chi connectivity index (χ3v) is 9.17. The number of aromatic nitrogens is 3. The summed E-state index contributed by atoms with van der Waals surface area (Å²) in [6.45, 7) is 0. The highest BCUT2D eigenvalue weighted by Gasteiger charge is 2.24. The molecule has 0 saturated heterocycles. The highest BCUT2D eigenvalue weighted by Crippen LogP contribution is 2.46. The summed E-state index contributed by atoms with van der Waals surface area (Å²) in [5, 5.41) is -3.43. The van der Waals surface area contributed by atoms with Gasteiger partial charge in [-0.05, 0) is 71.4 Å². The van der Waals surface area contributed by atoms with Crippen LogP contribution in [0.1, 0.15) is 38.4 Å². The molecule has 8 aromatic carbocycles. The third kappa shape index (κ3) is 3.47. The summed E-state index contributed by atoms with van der Waals surface area (Å²) in [7, 11) is 0. The van der Waals surface area contributed by atoms with E-state index < -0.39 is 241 Å². The zero-order valence-corrected chi connectivity index (χ0v) is 25.4. The third-order valence-electron chi connectivity index (χ3n) is 9.17. The number of hydrogen-bond acceptors (Lipinski definition) is 0. The Balaban J connectivity index is 1.39. The van der Waals surface area contributed by atoms with Gasteiger partial charge < -0.3 is 13.5 Å². The van der Waals surface area contributed by atoms with E-state index in [9.17, 15) is 17.8 Å². The summed E-state index contributed by atoms with van der Waals surface area (Å²) in [5.41, 5.74) is -6.23. The predicted octanol–water partition coefficient (Wildman–Crippen LogP) is 12.7. The normalized spacial score (nSPS) is 20.0. The summed E-state index contributed by atoms with van der Waals surface area (Å²) in [6, 6.07) is -23.0. The fourth-order valence-corrected chi connectivity index (χ4v) is 7.22. The minimum absolute atomic E-state index is 0.326. The van der Waals surface area contributed by atoms with Crippen molar-refractivity contribution < 1.29 is 38.4 Å². The van der Waals surface area contributed by atoms with Gasteiger partial charge in [-0.15, -0.1) is 0 Å². The van der Waals surface area contributed by atoms with Crippen LogP contribution in [0.5, 0.6) is 0 Å². The minimum Gasteiger partial charge on any atom is -0.309 e. The van der Waals surface area contributed by atoms with Crippen LogP contribution in [-0.4, -0.2) is 13.5 Å². The summed E-state index contributed by atoms with van der Waals surface area (Å²) >= 11 is 0. The molecule has 0 aliphatic heterocycles. The number of benzene rings is 8. The van der Waals surface area contributed by atoms with Crippen molar-refractivity contribution in [2.24, 2.45) is 0 Å². The molecule has 0 fully saturated rings. The van der Waals surface area contributed by atoms with Crippen LogP contribution in [0.25, 0.3) is 104 Å². The lowest BCUT2D eigenvalue weighted by Crippen LogP contribution is -1.97. The van der Waals surface area contributed by atoms with E-state index in [1.54, 1.807) is 0 Å². The number of nitrogens with zero attached hydrogens (tertiary/aromatic N) is 3. The maximum absolute atomic E-state index is 10.0. The Morgan fingerprint density at radius 2 is 0.980 bits per heavy atom. The monoisotopic (exact) mass is 675 g/mol. The Kier molecular flexibility index (Phi) is 2.30. The molecule has 12 aromatic rings. The summed E-state index contributed by atoms with van der Waals surface area (Å²) in [6.07, 6.45) is 0. The lowest BCUT2D eigenvalue weighted by atomic mass is 10.0. The van der Waals surface area contributed by atoms with E-state index in [1.165, 1.54) is 0 Å². The van der Waals surface area contributed by atoms with Gasteiger partial charge in [0.1, 0.15) is 0 Å². The van der Waals surface area contributed by atoms with Crippen LogP contribution in [0.2, 0.25) is 0 Å². The van der Waals surface area contributed by atoms with Gasteiger partial charge in [0.05, 0.1) is 82.7 Å². The first-order chi connectivity index (χ1) is 37.0. The van der Waals surface area contributed by atoms with E-state index in [0.29, 0.717) is 0 Å². The molecule has 0 radical (unpaired) electrons. The van der Waals surface area contributed by atoms with E-state index >= 15 is 0 Å². The van der Waals surface area contributed by atoms with Gasteiger partial charge in [0.25, 0.3) is 0 Å². The standard InChI is InChI=1S/C48H29N3/c1-2-13-31(14-3-1)49-40-21-9-7-18-35(40)38-29-30(25-27-43(38)49)32-15-4-8-20-39(32)50-44-24-12-19-36-33-16-5-10-22-41(33)51-42-23-11-6-17-34(42)37-26-28-45(50)47(46(36)44)48(37)51/h1-29H/i1D,2D,3D,4D,5D,6D,7D,8D,9D,10D,11D,12D,13D,14D,15D,16D,17D,18D,19D,20D,21D,22D,23D,24D,25D,26D,28D,29D. The summed E-state index contributed by atoms with van der Waals surface area (Å²) in [4.78, 5) is 0. The maximum atomic E-state index is 10.0. The molecule has 51 heavy (non-hydrogen) atoms. The van der Waals surface area contributed by atoms with Crippen molar-refractivity contribution in [2.75, 3.05) is 0 Å². The summed E-state index contributed by atoms with van der Waals surface area (Å²) < 4.78 is 259. The van der Waals surface area contributed by atoms with Crippen LogP contribution < -0.4 is 0 Å². The smallest absolute Gasteiger partial charge is 0.0645 e. The highest BCUT2D eigenvalue weighted by molar-refractivity contribution is 6.33. The molecule has 236 valence electrons. The lowest BCUT2D eigenvalue weighted by Gasteiger charge is -2.15. The molecule has 0 spiro atoms. The number of hydrogen-bond donors (Lipinski definition) is 0. The molecule has 0 aliphatic rings. The first-order valence-corrected chi connectivity index (χ1v) is 15.3. The number of para-hydroxylation sites is 5. The van der Waals surface area contributed by atoms with Gasteiger partial charge in [-0.25, -0.2) is 0 Å². The average molecular weight is 676 g/mol. The van der Waals surface area contributed by atoms with E-state index in [-0.39, 0.29) is 32.6 Å². The summed E-state index contributed by atoms with van der Waals surface area (Å²) in [5.74, 6) is 0. The fraction of sp³-hybridized carbons (Fsp3) is 0. The molecule has 0 N–H and O–H groups in total. The Morgan fingerprint density at radius 3 is 1.78 bits per heavy atom. The second-order valence-electron chi connectivity index (χ2n) is 11.6. The number of rotatable bonds is 3. The van der Waals surface area contributed by atoms with Crippen molar-refractivity contribution in [1.29, 1.82) is 0 Å². The Hall–Kier alpha value is -6.84. The molecule has 0 amide bonds. The minimum atomic E-state index is -1.01. The van der Waals surface area contributed by atoms with Crippen molar-refractivity contribution in [3.63, 3.8) is 0 Å². The van der Waals surface area contributed by atoms with Crippen LogP contribution in [-0.2, 0) is 0 Å². The van der Waals surface area contributed by atoms with Crippen LogP contribution in [0.4, 0.5) is 0 Å². The van der Waals surface area contributed by atoms with E-state index in [2.05, 4.69) is 0 Å². The Morgan fingerprint density at radius 1 is 0.373 bits per heavy atom. The van der Waals surface area contributed by atoms with Crippen molar-refractivity contribution >= 4 is 81.7 Å². The van der Waals surface area contributed by atoms with E-state index in [1.807, 2.05) is 0 Å². The highest BCUT2D eigenvalue weighted by atomic mass is 15.0. The quantitative estimate of drug-likeness (QED) is 0.177. The van der Waals surface area contributed by atoms with E-state index in [4.69, 9.17) is 20.6 Å². The Bertz CT molecular complexity index is 4960. The first kappa shape index (κ1) is 11.9. The van der Waals surface area contributed by atoms with Crippen LogP contribution >= 0.6 is 0 Å². The van der Waals surface area contributed by atoms with Crippen molar-refractivity contribution in [3.05, 3.63) is 175 Å². The van der Waals surface area contributed by atoms with Gasteiger partial charge in [-0.2, -0.15) is 0 Å².